The molecule has 9 nitrogen and oxygen atoms in total. The van der Waals surface area contributed by atoms with Crippen LogP contribution in [0.25, 0.3) is 10.9 Å². The minimum absolute atomic E-state index is 0.114. The summed E-state index contributed by atoms with van der Waals surface area (Å²) in [6.45, 7) is 7.69. The molecule has 0 unspecified atom stereocenters. The van der Waals surface area contributed by atoms with Gasteiger partial charge in [-0.05, 0) is 26.8 Å². The molecular weight excluding hydrogens is 386 g/mol. The van der Waals surface area contributed by atoms with E-state index in [4.69, 9.17) is 31.0 Å². The van der Waals surface area contributed by atoms with Crippen molar-refractivity contribution in [1.82, 2.24) is 14.9 Å². The van der Waals surface area contributed by atoms with Gasteiger partial charge in [-0.3, -0.25) is 0 Å². The zero-order valence-corrected chi connectivity index (χ0v) is 16.7. The molecule has 11 heteroatoms. The number of halogens is 1. The Morgan fingerprint density at radius 2 is 1.86 bits per heavy atom. The first-order chi connectivity index (χ1) is 13.1. The van der Waals surface area contributed by atoms with E-state index < -0.39 is 12.9 Å². The number of hydrogen-bond acceptors (Lipinski definition) is 8. The summed E-state index contributed by atoms with van der Waals surface area (Å²) in [7, 11) is -1.97. The van der Waals surface area contributed by atoms with Gasteiger partial charge in [-0.25, -0.2) is 14.8 Å². The highest BCUT2D eigenvalue weighted by atomic mass is 35.5. The summed E-state index contributed by atoms with van der Waals surface area (Å²) in [4.78, 5) is 24.5. The normalized spacial score (nSPS) is 14.9. The molecule has 0 spiro atoms. The molecule has 1 aromatic heterocycles. The van der Waals surface area contributed by atoms with Gasteiger partial charge < -0.3 is 29.2 Å². The summed E-state index contributed by atoms with van der Waals surface area (Å²) in [6, 6.07) is 3.16. The Hall–Kier alpha value is -2.30. The first kappa shape index (κ1) is 20.4. The van der Waals surface area contributed by atoms with Crippen molar-refractivity contribution >= 4 is 41.7 Å². The maximum Gasteiger partial charge on any atom is 0.707 e. The van der Waals surface area contributed by atoms with Crippen LogP contribution in [0.4, 0.5) is 10.6 Å². The second kappa shape index (κ2) is 7.98. The third-order valence-corrected chi connectivity index (χ3v) is 4.43. The van der Waals surface area contributed by atoms with Crippen molar-refractivity contribution in [1.29, 1.82) is 0 Å². The molecule has 0 radical (unpaired) electrons. The van der Waals surface area contributed by atoms with Gasteiger partial charge in [0.15, 0.2) is 0 Å². The monoisotopic (exact) mass is 408 g/mol. The molecule has 2 heterocycles. The topological polar surface area (TPSA) is 108 Å². The molecule has 28 heavy (non-hydrogen) atoms. The quantitative estimate of drug-likeness (QED) is 0.739. The minimum Gasteiger partial charge on any atom is -0.511 e. The van der Waals surface area contributed by atoms with Crippen molar-refractivity contribution in [2.45, 2.75) is 26.4 Å². The molecular formula is C17H22BClN4O5. The highest BCUT2D eigenvalue weighted by Crippen LogP contribution is 2.33. The van der Waals surface area contributed by atoms with E-state index in [0.29, 0.717) is 42.9 Å². The van der Waals surface area contributed by atoms with Crippen molar-refractivity contribution < 1.29 is 24.2 Å². The number of rotatable bonds is 3. The second-order valence-electron chi connectivity index (χ2n) is 7.40. The molecule has 0 atom stereocenters. The highest BCUT2D eigenvalue weighted by molar-refractivity contribution is 6.36. The van der Waals surface area contributed by atoms with Crippen molar-refractivity contribution in [2.24, 2.45) is 0 Å². The third kappa shape index (κ3) is 4.75. The van der Waals surface area contributed by atoms with Gasteiger partial charge in [-0.2, -0.15) is 0 Å². The van der Waals surface area contributed by atoms with E-state index in [2.05, 4.69) is 9.97 Å². The molecule has 1 fully saturated rings. The zero-order valence-electron chi connectivity index (χ0n) is 15.9. The Bertz CT molecular complexity index is 868. The van der Waals surface area contributed by atoms with Gasteiger partial charge in [0.1, 0.15) is 23.5 Å². The lowest BCUT2D eigenvalue weighted by atomic mass is 10.2. The number of anilines is 1. The molecule has 150 valence electrons. The van der Waals surface area contributed by atoms with E-state index in [9.17, 15) is 4.79 Å². The molecule has 0 aliphatic carbocycles. The smallest absolute Gasteiger partial charge is 0.511 e. The molecule has 0 bridgehead atoms. The molecule has 1 aliphatic heterocycles. The summed E-state index contributed by atoms with van der Waals surface area (Å²) >= 11 is 6.19. The van der Waals surface area contributed by atoms with Crippen LogP contribution in [0.5, 0.6) is 5.75 Å². The van der Waals surface area contributed by atoms with Crippen LogP contribution in [0.15, 0.2) is 18.5 Å². The second-order valence-corrected chi connectivity index (χ2v) is 7.80. The standard InChI is InChI=1S/C17H22BClN4O5/c1-17(2,3)27-16(24)23-6-4-22(5-7-23)15-11-8-12(19)14(28-18(25)26)9-13(11)20-10-21-15/h8-10,25-26H,4-7H2,1-3H3. The average Bonchev–Trinajstić information content (AvgIpc) is 2.60. The number of benzene rings is 1. The SMILES string of the molecule is CC(C)(C)OC(=O)N1CCN(c2ncnc3cc(OB(O)O)c(Cl)cc23)CC1. The van der Waals surface area contributed by atoms with Gasteiger partial charge >= 0.3 is 13.4 Å². The minimum atomic E-state index is -1.97. The zero-order chi connectivity index (χ0) is 20.5. The van der Waals surface area contributed by atoms with Crippen molar-refractivity contribution in [3.05, 3.63) is 23.5 Å². The van der Waals surface area contributed by atoms with Crippen LogP contribution in [0, 0.1) is 0 Å². The molecule has 2 N–H and O–H groups in total. The number of nitrogens with zero attached hydrogens (tertiary/aromatic N) is 4. The molecule has 1 aliphatic rings. The molecule has 1 amide bonds. The van der Waals surface area contributed by atoms with Crippen LogP contribution in [-0.4, -0.2) is 70.1 Å². The van der Waals surface area contributed by atoms with Crippen molar-refractivity contribution in [3.8, 4) is 5.75 Å². The highest BCUT2D eigenvalue weighted by Gasteiger charge is 2.27. The van der Waals surface area contributed by atoms with E-state index in [-0.39, 0.29) is 16.9 Å². The van der Waals surface area contributed by atoms with Gasteiger partial charge in [0.2, 0.25) is 0 Å². The largest absolute Gasteiger partial charge is 0.707 e. The van der Waals surface area contributed by atoms with Crippen LogP contribution in [0.2, 0.25) is 5.02 Å². The number of hydrogen-bond donors (Lipinski definition) is 2. The average molecular weight is 409 g/mol. The van der Waals surface area contributed by atoms with E-state index in [1.807, 2.05) is 25.7 Å². The number of ether oxygens (including phenoxy) is 1. The first-order valence-corrected chi connectivity index (χ1v) is 9.22. The Balaban J connectivity index is 1.78. The van der Waals surface area contributed by atoms with E-state index in [1.165, 1.54) is 12.4 Å². The van der Waals surface area contributed by atoms with Crippen molar-refractivity contribution in [3.63, 3.8) is 0 Å². The predicted octanol–water partition coefficient (Wildman–Crippen LogP) is 1.69. The Morgan fingerprint density at radius 3 is 2.46 bits per heavy atom. The van der Waals surface area contributed by atoms with Crippen LogP contribution >= 0.6 is 11.6 Å². The van der Waals surface area contributed by atoms with Gasteiger partial charge in [0.05, 0.1) is 10.5 Å². The van der Waals surface area contributed by atoms with Gasteiger partial charge in [-0.1, -0.05) is 11.6 Å². The van der Waals surface area contributed by atoms with Gasteiger partial charge in [0, 0.05) is 37.6 Å². The van der Waals surface area contributed by atoms with Crippen LogP contribution in [0.1, 0.15) is 20.8 Å². The lowest BCUT2D eigenvalue weighted by Crippen LogP contribution is -2.50. The number of carbonyl (C=O) groups is 1. The summed E-state index contributed by atoms with van der Waals surface area (Å²) in [5, 5.41) is 18.9. The van der Waals surface area contributed by atoms with Crippen LogP contribution in [0.3, 0.4) is 0 Å². The Morgan fingerprint density at radius 1 is 1.18 bits per heavy atom. The summed E-state index contributed by atoms with van der Waals surface area (Å²) < 4.78 is 10.3. The van der Waals surface area contributed by atoms with Gasteiger partial charge in [-0.15, -0.1) is 0 Å². The number of piperazine rings is 1. The number of carbonyl (C=O) groups excluding carboxylic acids is 1. The van der Waals surface area contributed by atoms with Crippen LogP contribution < -0.4 is 9.55 Å². The maximum absolute atomic E-state index is 12.2. The van der Waals surface area contributed by atoms with E-state index >= 15 is 0 Å². The lowest BCUT2D eigenvalue weighted by molar-refractivity contribution is 0.0240. The Labute approximate surface area is 168 Å². The van der Waals surface area contributed by atoms with Crippen LogP contribution in [-0.2, 0) is 4.74 Å². The molecule has 0 saturated carbocycles. The maximum atomic E-state index is 12.2. The van der Waals surface area contributed by atoms with E-state index in [0.717, 1.165) is 0 Å². The number of fused-ring (bicyclic) bond motifs is 1. The molecule has 2 aromatic rings. The van der Waals surface area contributed by atoms with Crippen molar-refractivity contribution in [2.75, 3.05) is 31.1 Å². The lowest BCUT2D eigenvalue weighted by Gasteiger charge is -2.36. The first-order valence-electron chi connectivity index (χ1n) is 8.84. The Kier molecular flexibility index (Phi) is 5.83. The molecule has 1 aromatic carbocycles. The van der Waals surface area contributed by atoms with E-state index in [1.54, 1.807) is 11.0 Å². The summed E-state index contributed by atoms with van der Waals surface area (Å²) in [5.74, 6) is 0.801. The molecule has 1 saturated heterocycles. The fraction of sp³-hybridized carbons (Fsp3) is 0.471. The number of amides is 1. The fourth-order valence-electron chi connectivity index (χ4n) is 2.93. The summed E-state index contributed by atoms with van der Waals surface area (Å²) in [6.07, 6.45) is 1.09. The van der Waals surface area contributed by atoms with Gasteiger partial charge in [0.25, 0.3) is 0 Å². The number of aromatic nitrogens is 2. The predicted molar refractivity (Wildman–Crippen MR) is 105 cm³/mol. The summed E-state index contributed by atoms with van der Waals surface area (Å²) in [5.41, 5.74) is 0.0232. The third-order valence-electron chi connectivity index (χ3n) is 4.13. The fourth-order valence-corrected chi connectivity index (χ4v) is 3.14. The molecule has 3 rings (SSSR count).